The lowest BCUT2D eigenvalue weighted by molar-refractivity contribution is -0.136. The van der Waals surface area contributed by atoms with Crippen molar-refractivity contribution in [2.45, 2.75) is 17.7 Å². The smallest absolute Gasteiger partial charge is 0.303 e. The van der Waals surface area contributed by atoms with E-state index in [1.807, 2.05) is 0 Å². The van der Waals surface area contributed by atoms with E-state index in [1.54, 1.807) is 12.3 Å². The number of benzene rings is 1. The number of aryl methyl sites for hydroxylation is 1. The standard InChI is InChI=1S/C11H12N2O4S/c12-18(16,17)8-2-3-10-9(5-8)7(6-13-10)1-4-11(14)15/h2-3,5-6,13H,1,4H2,(H,14,15)(H2,12,16,17). The van der Waals surface area contributed by atoms with Crippen molar-refractivity contribution in [2.24, 2.45) is 5.14 Å². The molecule has 1 aromatic carbocycles. The van der Waals surface area contributed by atoms with Crippen molar-refractivity contribution in [2.75, 3.05) is 0 Å². The number of hydrogen-bond acceptors (Lipinski definition) is 3. The van der Waals surface area contributed by atoms with E-state index in [0.717, 1.165) is 11.1 Å². The van der Waals surface area contributed by atoms with Gasteiger partial charge >= 0.3 is 5.97 Å². The summed E-state index contributed by atoms with van der Waals surface area (Å²) in [6.07, 6.45) is 2.01. The van der Waals surface area contributed by atoms with E-state index in [0.29, 0.717) is 11.8 Å². The normalized spacial score (nSPS) is 11.8. The number of carboxylic acid groups (broad SMARTS) is 1. The first-order chi connectivity index (χ1) is 8.38. The van der Waals surface area contributed by atoms with Crippen molar-refractivity contribution in [3.05, 3.63) is 30.0 Å². The summed E-state index contributed by atoms with van der Waals surface area (Å²) in [5.74, 6) is -0.896. The molecule has 0 saturated carbocycles. The number of aromatic amines is 1. The number of aliphatic carboxylic acids is 1. The van der Waals surface area contributed by atoms with Gasteiger partial charge in [-0.1, -0.05) is 0 Å². The summed E-state index contributed by atoms with van der Waals surface area (Å²) >= 11 is 0. The Bertz CT molecular complexity index is 703. The van der Waals surface area contributed by atoms with Gasteiger partial charge in [0, 0.05) is 23.5 Å². The molecule has 0 aliphatic heterocycles. The molecule has 0 aliphatic carbocycles. The molecule has 0 atom stereocenters. The molecule has 0 radical (unpaired) electrons. The minimum atomic E-state index is -3.75. The lowest BCUT2D eigenvalue weighted by Gasteiger charge is -2.00. The highest BCUT2D eigenvalue weighted by Crippen LogP contribution is 2.22. The number of sulfonamides is 1. The highest BCUT2D eigenvalue weighted by Gasteiger charge is 2.11. The van der Waals surface area contributed by atoms with Crippen molar-refractivity contribution < 1.29 is 18.3 Å². The van der Waals surface area contributed by atoms with Crippen LogP contribution in [-0.2, 0) is 21.2 Å². The van der Waals surface area contributed by atoms with Crippen LogP contribution in [0.4, 0.5) is 0 Å². The fraction of sp³-hybridized carbons (Fsp3) is 0.182. The number of carbonyl (C=O) groups is 1. The lowest BCUT2D eigenvalue weighted by Crippen LogP contribution is -2.11. The molecule has 18 heavy (non-hydrogen) atoms. The van der Waals surface area contributed by atoms with Gasteiger partial charge < -0.3 is 10.1 Å². The number of aromatic nitrogens is 1. The SMILES string of the molecule is NS(=O)(=O)c1ccc2[nH]cc(CCC(=O)O)c2c1. The predicted molar refractivity (Wildman–Crippen MR) is 65.6 cm³/mol. The van der Waals surface area contributed by atoms with Crippen LogP contribution in [0.2, 0.25) is 0 Å². The van der Waals surface area contributed by atoms with Crippen molar-refractivity contribution >= 4 is 26.9 Å². The van der Waals surface area contributed by atoms with Crippen LogP contribution < -0.4 is 5.14 Å². The Morgan fingerprint density at radius 3 is 2.72 bits per heavy atom. The zero-order chi connectivity index (χ0) is 13.3. The summed E-state index contributed by atoms with van der Waals surface area (Å²) in [6, 6.07) is 4.48. The maximum Gasteiger partial charge on any atom is 0.303 e. The van der Waals surface area contributed by atoms with Gasteiger partial charge in [0.15, 0.2) is 0 Å². The molecule has 0 aliphatic rings. The lowest BCUT2D eigenvalue weighted by atomic mass is 10.1. The van der Waals surface area contributed by atoms with Crippen LogP contribution in [0.3, 0.4) is 0 Å². The Labute approximate surface area is 103 Å². The number of nitrogens with two attached hydrogens (primary N) is 1. The van der Waals surface area contributed by atoms with Crippen LogP contribution >= 0.6 is 0 Å². The number of nitrogens with one attached hydrogen (secondary N) is 1. The quantitative estimate of drug-likeness (QED) is 0.762. The van der Waals surface area contributed by atoms with E-state index < -0.39 is 16.0 Å². The van der Waals surface area contributed by atoms with Gasteiger partial charge in [-0.25, -0.2) is 13.6 Å². The summed E-state index contributed by atoms with van der Waals surface area (Å²) in [6.45, 7) is 0. The van der Waals surface area contributed by atoms with E-state index in [4.69, 9.17) is 10.2 Å². The van der Waals surface area contributed by atoms with E-state index in [9.17, 15) is 13.2 Å². The highest BCUT2D eigenvalue weighted by atomic mass is 32.2. The highest BCUT2D eigenvalue weighted by molar-refractivity contribution is 7.89. The molecule has 4 N–H and O–H groups in total. The first-order valence-corrected chi connectivity index (χ1v) is 6.77. The van der Waals surface area contributed by atoms with Gasteiger partial charge in [-0.3, -0.25) is 4.79 Å². The molecule has 0 unspecified atom stereocenters. The average molecular weight is 268 g/mol. The van der Waals surface area contributed by atoms with Crippen LogP contribution in [-0.4, -0.2) is 24.5 Å². The van der Waals surface area contributed by atoms with E-state index >= 15 is 0 Å². The number of rotatable bonds is 4. The number of primary sulfonamides is 1. The molecule has 0 spiro atoms. The third-order valence-corrected chi connectivity index (χ3v) is 3.59. The second kappa shape index (κ2) is 4.43. The van der Waals surface area contributed by atoms with Crippen molar-refractivity contribution in [3.8, 4) is 0 Å². The van der Waals surface area contributed by atoms with Gasteiger partial charge in [-0.2, -0.15) is 0 Å². The maximum atomic E-state index is 11.2. The van der Waals surface area contributed by atoms with E-state index in [-0.39, 0.29) is 11.3 Å². The van der Waals surface area contributed by atoms with Crippen LogP contribution in [0.15, 0.2) is 29.3 Å². The fourth-order valence-electron chi connectivity index (χ4n) is 1.78. The third kappa shape index (κ3) is 2.52. The van der Waals surface area contributed by atoms with Gasteiger partial charge in [0.05, 0.1) is 4.90 Å². The molecule has 0 bridgehead atoms. The van der Waals surface area contributed by atoms with Gasteiger partial charge in [-0.05, 0) is 30.2 Å². The molecule has 0 amide bonds. The maximum absolute atomic E-state index is 11.2. The molecule has 7 heteroatoms. The molecular formula is C11H12N2O4S. The largest absolute Gasteiger partial charge is 0.481 e. The Kier molecular flexibility index (Phi) is 3.10. The molecule has 2 rings (SSSR count). The molecule has 96 valence electrons. The zero-order valence-corrected chi connectivity index (χ0v) is 10.2. The summed E-state index contributed by atoms with van der Waals surface area (Å²) in [5.41, 5.74) is 1.51. The number of hydrogen-bond donors (Lipinski definition) is 3. The second-order valence-corrected chi connectivity index (χ2v) is 5.52. The van der Waals surface area contributed by atoms with Crippen molar-refractivity contribution in [1.82, 2.24) is 4.98 Å². The van der Waals surface area contributed by atoms with Gasteiger partial charge in [0.2, 0.25) is 10.0 Å². The van der Waals surface area contributed by atoms with Crippen molar-refractivity contribution in [1.29, 1.82) is 0 Å². The molecule has 1 heterocycles. The average Bonchev–Trinajstić information content (AvgIpc) is 2.67. The second-order valence-electron chi connectivity index (χ2n) is 3.96. The first-order valence-electron chi connectivity index (χ1n) is 5.22. The Morgan fingerprint density at radius 1 is 1.39 bits per heavy atom. The summed E-state index contributed by atoms with van der Waals surface area (Å²) in [4.78, 5) is 13.5. The minimum Gasteiger partial charge on any atom is -0.481 e. The Balaban J connectivity index is 2.47. The summed E-state index contributed by atoms with van der Waals surface area (Å²) in [7, 11) is -3.75. The molecule has 2 aromatic rings. The van der Waals surface area contributed by atoms with Gasteiger partial charge in [0.1, 0.15) is 0 Å². The molecule has 6 nitrogen and oxygen atoms in total. The first kappa shape index (κ1) is 12.6. The summed E-state index contributed by atoms with van der Waals surface area (Å²) in [5, 5.41) is 14.4. The number of fused-ring (bicyclic) bond motifs is 1. The van der Waals surface area contributed by atoms with Gasteiger partial charge in [-0.15, -0.1) is 0 Å². The zero-order valence-electron chi connectivity index (χ0n) is 9.38. The molecular weight excluding hydrogens is 256 g/mol. The Hall–Kier alpha value is -1.86. The third-order valence-electron chi connectivity index (χ3n) is 2.68. The monoisotopic (exact) mass is 268 g/mol. The molecule has 0 fully saturated rings. The van der Waals surface area contributed by atoms with Crippen LogP contribution in [0.25, 0.3) is 10.9 Å². The van der Waals surface area contributed by atoms with Crippen LogP contribution in [0.5, 0.6) is 0 Å². The van der Waals surface area contributed by atoms with Gasteiger partial charge in [0.25, 0.3) is 0 Å². The van der Waals surface area contributed by atoms with E-state index in [2.05, 4.69) is 4.98 Å². The molecule has 1 aromatic heterocycles. The minimum absolute atomic E-state index is 0.00738. The topological polar surface area (TPSA) is 113 Å². The predicted octanol–water partition coefficient (Wildman–Crippen LogP) is 0.833. The van der Waals surface area contributed by atoms with Crippen molar-refractivity contribution in [3.63, 3.8) is 0 Å². The number of carboxylic acids is 1. The fourth-order valence-corrected chi connectivity index (χ4v) is 2.32. The van der Waals surface area contributed by atoms with Crippen LogP contribution in [0, 0.1) is 0 Å². The van der Waals surface area contributed by atoms with E-state index in [1.165, 1.54) is 12.1 Å². The molecule has 0 saturated heterocycles. The summed E-state index contributed by atoms with van der Waals surface area (Å²) < 4.78 is 22.5. The number of H-pyrrole nitrogens is 1. The van der Waals surface area contributed by atoms with Crippen LogP contribution in [0.1, 0.15) is 12.0 Å². The Morgan fingerprint density at radius 2 is 2.11 bits per heavy atom.